The summed E-state index contributed by atoms with van der Waals surface area (Å²) < 4.78 is 0. The summed E-state index contributed by atoms with van der Waals surface area (Å²) in [5.74, 6) is 1.79. The summed E-state index contributed by atoms with van der Waals surface area (Å²) in [6, 6.07) is 11.1. The second kappa shape index (κ2) is 8.18. The molecule has 2 aliphatic rings. The number of amides is 1. The molecule has 1 saturated carbocycles. The molecule has 1 aromatic rings. The van der Waals surface area contributed by atoms with E-state index in [-0.39, 0.29) is 0 Å². The van der Waals surface area contributed by atoms with Crippen molar-refractivity contribution in [1.29, 1.82) is 0 Å². The molecule has 5 heteroatoms. The molecular formula is C19H28N4O. The molecule has 1 heterocycles. The lowest BCUT2D eigenvalue weighted by Crippen LogP contribution is -2.39. The summed E-state index contributed by atoms with van der Waals surface area (Å²) in [7, 11) is 0. The Bertz CT molecular complexity index is 572. The van der Waals surface area contributed by atoms with Crippen molar-refractivity contribution in [2.45, 2.75) is 44.6 Å². The normalized spacial score (nSPS) is 23.5. The smallest absolute Gasteiger partial charge is 0.222 e. The van der Waals surface area contributed by atoms with Gasteiger partial charge in [0.1, 0.15) is 0 Å². The predicted octanol–water partition coefficient (Wildman–Crippen LogP) is 2.11. The van der Waals surface area contributed by atoms with Gasteiger partial charge in [-0.15, -0.1) is 0 Å². The van der Waals surface area contributed by atoms with Crippen LogP contribution in [-0.2, 0) is 4.79 Å². The molecule has 2 fully saturated rings. The highest BCUT2D eigenvalue weighted by Gasteiger charge is 2.38. The number of nitrogens with zero attached hydrogens (tertiary/aromatic N) is 2. The van der Waals surface area contributed by atoms with E-state index in [1.807, 2.05) is 4.90 Å². The molecule has 0 spiro atoms. The fourth-order valence-electron chi connectivity index (χ4n) is 3.31. The molecule has 130 valence electrons. The van der Waals surface area contributed by atoms with Gasteiger partial charge in [-0.2, -0.15) is 0 Å². The molecule has 0 aromatic heterocycles. The van der Waals surface area contributed by atoms with E-state index in [1.165, 1.54) is 5.56 Å². The number of hydrogen-bond donors (Lipinski definition) is 2. The third-order valence-electron chi connectivity index (χ3n) is 4.71. The average Bonchev–Trinajstić information content (AvgIpc) is 3.25. The molecule has 1 aliphatic heterocycles. The minimum Gasteiger partial charge on any atom is -0.357 e. The highest BCUT2D eigenvalue weighted by atomic mass is 16.2. The van der Waals surface area contributed by atoms with Crippen LogP contribution in [0.25, 0.3) is 0 Å². The fraction of sp³-hybridized carbons (Fsp3) is 0.579. The number of likely N-dealkylation sites (tertiary alicyclic amines) is 1. The first-order valence-corrected chi connectivity index (χ1v) is 9.15. The maximum atomic E-state index is 11.6. The van der Waals surface area contributed by atoms with Crippen LogP contribution in [0.3, 0.4) is 0 Å². The van der Waals surface area contributed by atoms with Gasteiger partial charge in [-0.05, 0) is 31.7 Å². The zero-order chi connectivity index (χ0) is 16.8. The standard InChI is InChI=1S/C19H28N4O/c1-2-20-19(21-11-7-13-23-12-6-10-18(23)24)22-17-14-16(17)15-8-4-3-5-9-15/h3-5,8-9,16-17H,2,6-7,10-14H2,1H3,(H2,20,21,22). The molecule has 24 heavy (non-hydrogen) atoms. The van der Waals surface area contributed by atoms with Gasteiger partial charge in [0.15, 0.2) is 5.96 Å². The van der Waals surface area contributed by atoms with Crippen LogP contribution in [0.4, 0.5) is 0 Å². The molecule has 2 atom stereocenters. The van der Waals surface area contributed by atoms with Crippen LogP contribution in [0.2, 0.25) is 0 Å². The minimum atomic E-state index is 0.299. The number of guanidine groups is 1. The SMILES string of the molecule is CCNC(=NCCCN1CCCC1=O)NC1CC1c1ccccc1. The minimum absolute atomic E-state index is 0.299. The van der Waals surface area contributed by atoms with Gasteiger partial charge in [0, 0.05) is 44.6 Å². The van der Waals surface area contributed by atoms with Crippen molar-refractivity contribution >= 4 is 11.9 Å². The largest absolute Gasteiger partial charge is 0.357 e. The van der Waals surface area contributed by atoms with Gasteiger partial charge in [-0.25, -0.2) is 0 Å². The number of carbonyl (C=O) groups excluding carboxylic acids is 1. The van der Waals surface area contributed by atoms with Crippen molar-refractivity contribution < 1.29 is 4.79 Å². The molecule has 1 saturated heterocycles. The summed E-state index contributed by atoms with van der Waals surface area (Å²) in [6.07, 6.45) is 3.82. The van der Waals surface area contributed by atoms with Crippen LogP contribution in [-0.4, -0.2) is 49.0 Å². The van der Waals surface area contributed by atoms with Gasteiger partial charge in [-0.3, -0.25) is 9.79 Å². The topological polar surface area (TPSA) is 56.7 Å². The van der Waals surface area contributed by atoms with Crippen molar-refractivity contribution in [1.82, 2.24) is 15.5 Å². The first-order chi connectivity index (χ1) is 11.8. The Morgan fingerprint density at radius 2 is 2.17 bits per heavy atom. The van der Waals surface area contributed by atoms with Crippen LogP contribution in [0.1, 0.15) is 44.1 Å². The van der Waals surface area contributed by atoms with E-state index in [1.54, 1.807) is 0 Å². The van der Waals surface area contributed by atoms with E-state index in [9.17, 15) is 4.79 Å². The van der Waals surface area contributed by atoms with E-state index in [4.69, 9.17) is 0 Å². The number of rotatable bonds is 7. The Morgan fingerprint density at radius 1 is 1.33 bits per heavy atom. The Balaban J connectivity index is 1.43. The van der Waals surface area contributed by atoms with Crippen molar-refractivity contribution in [3.8, 4) is 0 Å². The lowest BCUT2D eigenvalue weighted by Gasteiger charge is -2.15. The molecule has 2 N–H and O–H groups in total. The number of hydrogen-bond acceptors (Lipinski definition) is 2. The number of benzene rings is 1. The second-order valence-corrected chi connectivity index (χ2v) is 6.60. The third kappa shape index (κ3) is 4.49. The van der Waals surface area contributed by atoms with Gasteiger partial charge in [0.05, 0.1) is 0 Å². The molecule has 3 rings (SSSR count). The summed E-state index contributed by atoms with van der Waals surface area (Å²) in [5.41, 5.74) is 1.40. The molecule has 0 radical (unpaired) electrons. The van der Waals surface area contributed by atoms with Crippen molar-refractivity contribution in [2.24, 2.45) is 4.99 Å². The average molecular weight is 328 g/mol. The van der Waals surface area contributed by atoms with E-state index in [0.29, 0.717) is 17.9 Å². The van der Waals surface area contributed by atoms with Crippen LogP contribution in [0.15, 0.2) is 35.3 Å². The van der Waals surface area contributed by atoms with Crippen molar-refractivity contribution in [3.63, 3.8) is 0 Å². The van der Waals surface area contributed by atoms with E-state index >= 15 is 0 Å². The van der Waals surface area contributed by atoms with Crippen LogP contribution in [0.5, 0.6) is 0 Å². The van der Waals surface area contributed by atoms with Crippen molar-refractivity contribution in [3.05, 3.63) is 35.9 Å². The first kappa shape index (κ1) is 16.8. The number of carbonyl (C=O) groups is 1. The predicted molar refractivity (Wildman–Crippen MR) is 97.1 cm³/mol. The van der Waals surface area contributed by atoms with Crippen LogP contribution >= 0.6 is 0 Å². The quantitative estimate of drug-likeness (QED) is 0.458. The summed E-state index contributed by atoms with van der Waals surface area (Å²) in [6.45, 7) is 5.45. The zero-order valence-electron chi connectivity index (χ0n) is 14.5. The van der Waals surface area contributed by atoms with Gasteiger partial charge >= 0.3 is 0 Å². The highest BCUT2D eigenvalue weighted by molar-refractivity contribution is 5.80. The fourth-order valence-corrected chi connectivity index (χ4v) is 3.31. The van der Waals surface area contributed by atoms with Crippen LogP contribution in [0, 0.1) is 0 Å². The van der Waals surface area contributed by atoms with Gasteiger partial charge in [0.25, 0.3) is 0 Å². The summed E-state index contributed by atoms with van der Waals surface area (Å²) in [4.78, 5) is 18.2. The Morgan fingerprint density at radius 3 is 2.88 bits per heavy atom. The Kier molecular flexibility index (Phi) is 5.72. The molecule has 1 aromatic carbocycles. The number of aliphatic imine (C=N–C) groups is 1. The third-order valence-corrected chi connectivity index (χ3v) is 4.71. The van der Waals surface area contributed by atoms with E-state index < -0.39 is 0 Å². The second-order valence-electron chi connectivity index (χ2n) is 6.60. The molecule has 1 amide bonds. The lowest BCUT2D eigenvalue weighted by atomic mass is 10.1. The maximum Gasteiger partial charge on any atom is 0.222 e. The van der Waals surface area contributed by atoms with E-state index in [0.717, 1.165) is 57.8 Å². The van der Waals surface area contributed by atoms with E-state index in [2.05, 4.69) is 52.9 Å². The molecule has 5 nitrogen and oxygen atoms in total. The Hall–Kier alpha value is -2.04. The first-order valence-electron chi connectivity index (χ1n) is 9.15. The number of nitrogens with one attached hydrogen (secondary N) is 2. The lowest BCUT2D eigenvalue weighted by molar-refractivity contribution is -0.127. The Labute approximate surface area is 144 Å². The summed E-state index contributed by atoms with van der Waals surface area (Å²) >= 11 is 0. The molecular weight excluding hydrogens is 300 g/mol. The monoisotopic (exact) mass is 328 g/mol. The molecule has 0 bridgehead atoms. The summed E-state index contributed by atoms with van der Waals surface area (Å²) in [5, 5.41) is 6.86. The zero-order valence-corrected chi connectivity index (χ0v) is 14.5. The molecule has 2 unspecified atom stereocenters. The van der Waals surface area contributed by atoms with Gasteiger partial charge < -0.3 is 15.5 Å². The van der Waals surface area contributed by atoms with Crippen LogP contribution < -0.4 is 10.6 Å². The highest BCUT2D eigenvalue weighted by Crippen LogP contribution is 2.40. The molecule has 1 aliphatic carbocycles. The van der Waals surface area contributed by atoms with Gasteiger partial charge in [-0.1, -0.05) is 30.3 Å². The maximum absolute atomic E-state index is 11.6. The van der Waals surface area contributed by atoms with Crippen molar-refractivity contribution in [2.75, 3.05) is 26.2 Å². The van der Waals surface area contributed by atoms with Gasteiger partial charge in [0.2, 0.25) is 5.91 Å².